The summed E-state index contributed by atoms with van der Waals surface area (Å²) in [6.45, 7) is 0. The minimum absolute atomic E-state index is 0.0121. The monoisotopic (exact) mass is 406 g/mol. The minimum atomic E-state index is -1.84. The molecule has 6 heteroatoms. The van der Waals surface area contributed by atoms with Gasteiger partial charge in [0.15, 0.2) is 0 Å². The molecule has 4 N–H and O–H groups in total. The largest absolute Gasteiger partial charge is 0.480 e. The summed E-state index contributed by atoms with van der Waals surface area (Å²) in [5.41, 5.74) is 7.08. The van der Waals surface area contributed by atoms with E-state index in [0.29, 0.717) is 0 Å². The molecule has 0 saturated heterocycles. The fraction of sp³-hybridized carbons (Fsp3) is 0.375. The molecule has 2 aromatic carbocycles. The van der Waals surface area contributed by atoms with Gasteiger partial charge in [0.2, 0.25) is 11.6 Å². The maximum Gasteiger partial charge on any atom is 0.324 e. The van der Waals surface area contributed by atoms with Crippen molar-refractivity contribution in [1.29, 1.82) is 0 Å². The van der Waals surface area contributed by atoms with E-state index >= 15 is 0 Å². The van der Waals surface area contributed by atoms with E-state index < -0.39 is 35.4 Å². The van der Waals surface area contributed by atoms with E-state index in [9.17, 15) is 19.5 Å². The summed E-state index contributed by atoms with van der Waals surface area (Å²) in [6, 6.07) is 16.6. The molecular formula is C24H26N2O4. The van der Waals surface area contributed by atoms with Crippen LogP contribution >= 0.6 is 0 Å². The number of carboxylic acid groups (broad SMARTS) is 1. The Balaban J connectivity index is 1.64. The maximum atomic E-state index is 12.8. The number of carboxylic acids is 1. The van der Waals surface area contributed by atoms with E-state index in [1.165, 1.54) is 0 Å². The Kier molecular flexibility index (Phi) is 5.43. The number of para-hydroxylation sites is 1. The Morgan fingerprint density at radius 1 is 1.00 bits per heavy atom. The highest BCUT2D eigenvalue weighted by Gasteiger charge is 2.53. The number of nitrogens with two attached hydrogens (primary N) is 1. The third-order valence-electron chi connectivity index (χ3n) is 6.56. The molecule has 0 spiro atoms. The average molecular weight is 406 g/mol. The summed E-state index contributed by atoms with van der Waals surface area (Å²) in [7, 11) is 0. The highest BCUT2D eigenvalue weighted by Crippen LogP contribution is 2.50. The molecule has 2 aromatic rings. The van der Waals surface area contributed by atoms with Gasteiger partial charge in [0, 0.05) is 30.5 Å². The molecule has 0 aromatic heterocycles. The van der Waals surface area contributed by atoms with Crippen molar-refractivity contribution in [1.82, 2.24) is 0 Å². The van der Waals surface area contributed by atoms with Crippen molar-refractivity contribution in [3.63, 3.8) is 0 Å². The van der Waals surface area contributed by atoms with E-state index in [1.807, 2.05) is 30.3 Å². The number of aliphatic carboxylic acids is 1. The zero-order valence-electron chi connectivity index (χ0n) is 16.7. The van der Waals surface area contributed by atoms with E-state index in [4.69, 9.17) is 5.73 Å². The number of ketones is 2. The molecule has 0 bridgehead atoms. The first-order valence-corrected chi connectivity index (χ1v) is 10.4. The van der Waals surface area contributed by atoms with E-state index in [1.54, 1.807) is 24.3 Å². The second-order valence-corrected chi connectivity index (χ2v) is 8.44. The third kappa shape index (κ3) is 3.63. The van der Waals surface area contributed by atoms with Gasteiger partial charge in [0.05, 0.1) is 0 Å². The normalized spacial score (nSPS) is 24.1. The first kappa shape index (κ1) is 20.3. The van der Waals surface area contributed by atoms with Gasteiger partial charge in [-0.2, -0.15) is 0 Å². The number of carbonyl (C=O) groups excluding carboxylic acids is 2. The molecule has 156 valence electrons. The van der Waals surface area contributed by atoms with Gasteiger partial charge >= 0.3 is 5.97 Å². The lowest BCUT2D eigenvalue weighted by Crippen LogP contribution is -2.59. The van der Waals surface area contributed by atoms with Gasteiger partial charge in [-0.15, -0.1) is 0 Å². The summed E-state index contributed by atoms with van der Waals surface area (Å²) >= 11 is 0. The fourth-order valence-electron chi connectivity index (χ4n) is 5.12. The second-order valence-electron chi connectivity index (χ2n) is 8.44. The van der Waals surface area contributed by atoms with Gasteiger partial charge < -0.3 is 16.2 Å². The molecule has 1 heterocycles. The van der Waals surface area contributed by atoms with Gasteiger partial charge in [-0.3, -0.25) is 14.4 Å². The average Bonchev–Trinajstić information content (AvgIpc) is 3.20. The number of hydrogen-bond donors (Lipinski definition) is 3. The molecular weight excluding hydrogens is 380 g/mol. The molecule has 0 radical (unpaired) electrons. The molecule has 30 heavy (non-hydrogen) atoms. The lowest BCUT2D eigenvalue weighted by Gasteiger charge is -2.44. The Labute approximate surface area is 175 Å². The molecule has 1 saturated carbocycles. The van der Waals surface area contributed by atoms with E-state index in [2.05, 4.69) is 5.32 Å². The van der Waals surface area contributed by atoms with Crippen LogP contribution in [0.2, 0.25) is 0 Å². The predicted molar refractivity (Wildman–Crippen MR) is 113 cm³/mol. The number of Topliss-reactive ketones (excluding diaryl/α,β-unsaturated/α-hetero) is 2. The van der Waals surface area contributed by atoms with Crippen molar-refractivity contribution < 1.29 is 19.5 Å². The Bertz CT molecular complexity index is 974. The molecule has 6 nitrogen and oxygen atoms in total. The summed E-state index contributed by atoms with van der Waals surface area (Å²) < 4.78 is 0. The van der Waals surface area contributed by atoms with Crippen LogP contribution < -0.4 is 11.1 Å². The molecule has 4 atom stereocenters. The van der Waals surface area contributed by atoms with Crippen LogP contribution in [0.3, 0.4) is 0 Å². The minimum Gasteiger partial charge on any atom is -0.480 e. The van der Waals surface area contributed by atoms with Crippen LogP contribution in [0.5, 0.6) is 0 Å². The first-order valence-electron chi connectivity index (χ1n) is 10.4. The fourth-order valence-corrected chi connectivity index (χ4v) is 5.12. The van der Waals surface area contributed by atoms with Crippen molar-refractivity contribution in [2.45, 2.75) is 49.6 Å². The quantitative estimate of drug-likeness (QED) is 0.610. The number of carbonyl (C=O) groups is 3. The lowest BCUT2D eigenvalue weighted by atomic mass is 9.66. The number of fused-ring (bicyclic) bond motifs is 2. The SMILES string of the molecule is NC(CC(=O)C(=O)Cc1ccccc1)(C(=O)O)C1c2ccccc2NC2CCCC21. The van der Waals surface area contributed by atoms with E-state index in [-0.39, 0.29) is 18.4 Å². The summed E-state index contributed by atoms with van der Waals surface area (Å²) in [6.07, 6.45) is 2.20. The lowest BCUT2D eigenvalue weighted by molar-refractivity contribution is -0.148. The molecule has 1 aliphatic carbocycles. The van der Waals surface area contributed by atoms with Crippen molar-refractivity contribution in [3.8, 4) is 0 Å². The van der Waals surface area contributed by atoms with Crippen LogP contribution in [0, 0.1) is 5.92 Å². The van der Waals surface area contributed by atoms with Crippen LogP contribution in [0.1, 0.15) is 42.7 Å². The maximum absolute atomic E-state index is 12.8. The summed E-state index contributed by atoms with van der Waals surface area (Å²) in [4.78, 5) is 37.8. The zero-order valence-corrected chi connectivity index (χ0v) is 16.7. The molecule has 4 rings (SSSR count). The van der Waals surface area contributed by atoms with Crippen LogP contribution in [-0.4, -0.2) is 34.2 Å². The van der Waals surface area contributed by atoms with Crippen molar-refractivity contribution in [2.75, 3.05) is 5.32 Å². The molecule has 2 aliphatic rings. The molecule has 0 amide bonds. The third-order valence-corrected chi connectivity index (χ3v) is 6.56. The molecule has 4 unspecified atom stereocenters. The second kappa shape index (κ2) is 8.03. The number of nitrogens with one attached hydrogen (secondary N) is 1. The first-order chi connectivity index (χ1) is 14.4. The topological polar surface area (TPSA) is 109 Å². The molecule has 1 fully saturated rings. The van der Waals surface area contributed by atoms with Gasteiger partial charge in [0.25, 0.3) is 0 Å². The highest BCUT2D eigenvalue weighted by molar-refractivity contribution is 6.38. The Hall–Kier alpha value is -2.99. The predicted octanol–water partition coefficient (Wildman–Crippen LogP) is 2.92. The van der Waals surface area contributed by atoms with E-state index in [0.717, 1.165) is 36.1 Å². The van der Waals surface area contributed by atoms with Gasteiger partial charge in [-0.1, -0.05) is 55.0 Å². The number of rotatable bonds is 7. The van der Waals surface area contributed by atoms with Crippen LogP contribution in [0.25, 0.3) is 0 Å². The van der Waals surface area contributed by atoms with Crippen molar-refractivity contribution in [2.24, 2.45) is 11.7 Å². The van der Waals surface area contributed by atoms with Crippen LogP contribution in [0.4, 0.5) is 5.69 Å². The Morgan fingerprint density at radius 3 is 2.43 bits per heavy atom. The van der Waals surface area contributed by atoms with Crippen molar-refractivity contribution in [3.05, 3.63) is 65.7 Å². The highest BCUT2D eigenvalue weighted by atomic mass is 16.4. The number of hydrogen-bond acceptors (Lipinski definition) is 5. The smallest absolute Gasteiger partial charge is 0.324 e. The van der Waals surface area contributed by atoms with Gasteiger partial charge in [-0.05, 0) is 36.0 Å². The number of benzene rings is 2. The van der Waals surface area contributed by atoms with Crippen LogP contribution in [0.15, 0.2) is 54.6 Å². The van der Waals surface area contributed by atoms with Gasteiger partial charge in [-0.25, -0.2) is 0 Å². The number of anilines is 1. The summed E-state index contributed by atoms with van der Waals surface area (Å²) in [5.74, 6) is -3.10. The Morgan fingerprint density at radius 2 is 1.70 bits per heavy atom. The van der Waals surface area contributed by atoms with Crippen LogP contribution in [-0.2, 0) is 20.8 Å². The summed E-state index contributed by atoms with van der Waals surface area (Å²) in [5, 5.41) is 13.7. The molecule has 1 aliphatic heterocycles. The van der Waals surface area contributed by atoms with Gasteiger partial charge in [0.1, 0.15) is 5.54 Å². The standard InChI is InChI=1S/C24H26N2O4/c25-24(23(29)30,14-21(28)20(27)13-15-7-2-1-3-8-15)22-16-9-4-5-11-18(16)26-19-12-6-10-17(19)22/h1-5,7-9,11,17,19,22,26H,6,10,12-14,25H2,(H,29,30). The van der Waals surface area contributed by atoms with Crippen molar-refractivity contribution >= 4 is 23.2 Å². The zero-order chi connectivity index (χ0) is 21.3.